The van der Waals surface area contributed by atoms with Gasteiger partial charge in [-0.15, -0.1) is 0 Å². The molecule has 0 fully saturated rings. The Morgan fingerprint density at radius 1 is 1.22 bits per heavy atom. The van der Waals surface area contributed by atoms with Gasteiger partial charge in [-0.05, 0) is 37.3 Å². The molecule has 0 spiro atoms. The molecule has 0 radical (unpaired) electrons. The van der Waals surface area contributed by atoms with Crippen molar-refractivity contribution in [1.82, 2.24) is 4.98 Å². The second kappa shape index (κ2) is 5.82. The van der Waals surface area contributed by atoms with Crippen LogP contribution in [-0.4, -0.2) is 17.8 Å². The number of hydrogen-bond acceptors (Lipinski definition) is 4. The van der Waals surface area contributed by atoms with E-state index in [1.165, 1.54) is 0 Å². The van der Waals surface area contributed by atoms with Gasteiger partial charge in [-0.3, -0.25) is 10.4 Å². The summed E-state index contributed by atoms with van der Waals surface area (Å²) in [5, 5.41) is 4.31. The number of nitrogens with one attached hydrogen (secondary N) is 1. The van der Waals surface area contributed by atoms with E-state index in [1.807, 2.05) is 43.3 Å². The van der Waals surface area contributed by atoms with E-state index >= 15 is 0 Å². The minimum atomic E-state index is 0.827. The molecule has 2 aromatic rings. The fraction of sp³-hybridized carbons (Fsp3) is 0.143. The largest absolute Gasteiger partial charge is 0.497 e. The Bertz CT molecular complexity index is 520. The van der Waals surface area contributed by atoms with Gasteiger partial charge in [-0.1, -0.05) is 6.07 Å². The Kier molecular flexibility index (Phi) is 3.91. The molecule has 0 aliphatic heterocycles. The highest BCUT2D eigenvalue weighted by molar-refractivity contribution is 5.98. The summed E-state index contributed by atoms with van der Waals surface area (Å²) in [6.07, 6.45) is 3.53. The SMILES string of the molecule is COc1ccc(N/N=C(\C)c2cccnc2)cc1. The van der Waals surface area contributed by atoms with Gasteiger partial charge in [0, 0.05) is 18.0 Å². The van der Waals surface area contributed by atoms with E-state index in [0.29, 0.717) is 0 Å². The van der Waals surface area contributed by atoms with Crippen LogP contribution in [0.5, 0.6) is 5.75 Å². The van der Waals surface area contributed by atoms with Gasteiger partial charge in [0.05, 0.1) is 18.5 Å². The van der Waals surface area contributed by atoms with Crippen molar-refractivity contribution in [3.63, 3.8) is 0 Å². The summed E-state index contributed by atoms with van der Waals surface area (Å²) in [5.74, 6) is 0.827. The first kappa shape index (κ1) is 12.1. The van der Waals surface area contributed by atoms with Crippen LogP contribution in [0.2, 0.25) is 0 Å². The van der Waals surface area contributed by atoms with E-state index in [4.69, 9.17) is 4.74 Å². The van der Waals surface area contributed by atoms with E-state index in [-0.39, 0.29) is 0 Å². The molecule has 0 saturated carbocycles. The number of hydrazone groups is 1. The Morgan fingerprint density at radius 3 is 2.61 bits per heavy atom. The zero-order chi connectivity index (χ0) is 12.8. The molecule has 0 bridgehead atoms. The van der Waals surface area contributed by atoms with Gasteiger partial charge in [0.15, 0.2) is 0 Å². The predicted molar refractivity (Wildman–Crippen MR) is 73.1 cm³/mol. The smallest absolute Gasteiger partial charge is 0.119 e. The van der Waals surface area contributed by atoms with Crippen LogP contribution in [0.15, 0.2) is 53.9 Å². The van der Waals surface area contributed by atoms with Gasteiger partial charge < -0.3 is 4.74 Å². The molecule has 18 heavy (non-hydrogen) atoms. The third-order valence-electron chi connectivity index (χ3n) is 2.52. The average Bonchev–Trinajstić information content (AvgIpc) is 2.46. The van der Waals surface area contributed by atoms with Crippen LogP contribution in [0.3, 0.4) is 0 Å². The number of rotatable bonds is 4. The van der Waals surface area contributed by atoms with Crippen molar-refractivity contribution in [3.05, 3.63) is 54.4 Å². The van der Waals surface area contributed by atoms with E-state index in [1.54, 1.807) is 19.5 Å². The lowest BCUT2D eigenvalue weighted by molar-refractivity contribution is 0.415. The second-order valence-electron chi connectivity index (χ2n) is 3.78. The summed E-state index contributed by atoms with van der Waals surface area (Å²) in [5.41, 5.74) is 5.80. The lowest BCUT2D eigenvalue weighted by Crippen LogP contribution is -1.99. The van der Waals surface area contributed by atoms with Crippen molar-refractivity contribution < 1.29 is 4.74 Å². The maximum absolute atomic E-state index is 5.09. The third-order valence-corrected chi connectivity index (χ3v) is 2.52. The van der Waals surface area contributed by atoms with E-state index < -0.39 is 0 Å². The van der Waals surface area contributed by atoms with Crippen LogP contribution in [0.4, 0.5) is 5.69 Å². The normalized spacial score (nSPS) is 11.1. The van der Waals surface area contributed by atoms with Crippen molar-refractivity contribution in [3.8, 4) is 5.75 Å². The number of benzene rings is 1. The molecule has 92 valence electrons. The topological polar surface area (TPSA) is 46.5 Å². The number of aromatic nitrogens is 1. The van der Waals surface area contributed by atoms with Crippen molar-refractivity contribution in [2.24, 2.45) is 5.10 Å². The van der Waals surface area contributed by atoms with Crippen molar-refractivity contribution >= 4 is 11.4 Å². The predicted octanol–water partition coefficient (Wildman–Crippen LogP) is 2.93. The Balaban J connectivity index is 2.05. The molecule has 0 amide bonds. The monoisotopic (exact) mass is 241 g/mol. The second-order valence-corrected chi connectivity index (χ2v) is 3.78. The number of methoxy groups -OCH3 is 1. The highest BCUT2D eigenvalue weighted by Gasteiger charge is 1.96. The number of nitrogens with zero attached hydrogens (tertiary/aromatic N) is 2. The van der Waals surface area contributed by atoms with Crippen molar-refractivity contribution in [2.75, 3.05) is 12.5 Å². The molecule has 0 unspecified atom stereocenters. The summed E-state index contributed by atoms with van der Waals surface area (Å²) in [7, 11) is 1.65. The number of hydrogen-bond donors (Lipinski definition) is 1. The molecule has 0 aliphatic rings. The van der Waals surface area contributed by atoms with Gasteiger partial charge >= 0.3 is 0 Å². The quantitative estimate of drug-likeness (QED) is 0.661. The first-order valence-electron chi connectivity index (χ1n) is 5.64. The number of ether oxygens (including phenoxy) is 1. The maximum atomic E-state index is 5.09. The Hall–Kier alpha value is -2.36. The van der Waals surface area contributed by atoms with Gasteiger partial charge in [0.1, 0.15) is 5.75 Å². The standard InChI is InChI=1S/C14H15N3O/c1-11(12-4-3-9-15-10-12)16-17-13-5-7-14(18-2)8-6-13/h3-10,17H,1-2H3/b16-11+. The molecule has 0 saturated heterocycles. The van der Waals surface area contributed by atoms with E-state index in [2.05, 4.69) is 15.5 Å². The van der Waals surface area contributed by atoms with Gasteiger partial charge in [-0.2, -0.15) is 5.10 Å². The molecular weight excluding hydrogens is 226 g/mol. The molecule has 1 aromatic heterocycles. The number of anilines is 1. The molecule has 2 rings (SSSR count). The third kappa shape index (κ3) is 3.07. The van der Waals surface area contributed by atoms with Crippen LogP contribution < -0.4 is 10.2 Å². The lowest BCUT2D eigenvalue weighted by atomic mass is 10.2. The van der Waals surface area contributed by atoms with Gasteiger partial charge in [-0.25, -0.2) is 0 Å². The van der Waals surface area contributed by atoms with Gasteiger partial charge in [0.2, 0.25) is 0 Å². The summed E-state index contributed by atoms with van der Waals surface area (Å²) >= 11 is 0. The van der Waals surface area contributed by atoms with Crippen LogP contribution in [0, 0.1) is 0 Å². The molecule has 0 atom stereocenters. The zero-order valence-corrected chi connectivity index (χ0v) is 10.4. The summed E-state index contributed by atoms with van der Waals surface area (Å²) in [6.45, 7) is 1.94. The molecule has 0 aliphatic carbocycles. The molecule has 1 aromatic carbocycles. The van der Waals surface area contributed by atoms with Gasteiger partial charge in [0.25, 0.3) is 0 Å². The molecule has 4 heteroatoms. The number of pyridine rings is 1. The van der Waals surface area contributed by atoms with Crippen LogP contribution >= 0.6 is 0 Å². The van der Waals surface area contributed by atoms with E-state index in [0.717, 1.165) is 22.7 Å². The first-order valence-corrected chi connectivity index (χ1v) is 5.64. The molecule has 1 heterocycles. The first-order chi connectivity index (χ1) is 8.79. The minimum Gasteiger partial charge on any atom is -0.497 e. The highest BCUT2D eigenvalue weighted by Crippen LogP contribution is 2.15. The van der Waals surface area contributed by atoms with E-state index in [9.17, 15) is 0 Å². The highest BCUT2D eigenvalue weighted by atomic mass is 16.5. The summed E-state index contributed by atoms with van der Waals surface area (Å²) in [4.78, 5) is 4.06. The summed E-state index contributed by atoms with van der Waals surface area (Å²) < 4.78 is 5.09. The van der Waals surface area contributed by atoms with Crippen LogP contribution in [0.25, 0.3) is 0 Å². The maximum Gasteiger partial charge on any atom is 0.119 e. The fourth-order valence-corrected chi connectivity index (χ4v) is 1.46. The van der Waals surface area contributed by atoms with Crippen molar-refractivity contribution in [1.29, 1.82) is 0 Å². The zero-order valence-electron chi connectivity index (χ0n) is 10.4. The summed E-state index contributed by atoms with van der Waals surface area (Å²) in [6, 6.07) is 11.5. The Labute approximate surface area is 106 Å². The molecular formula is C14H15N3O. The van der Waals surface area contributed by atoms with Crippen LogP contribution in [0.1, 0.15) is 12.5 Å². The molecule has 4 nitrogen and oxygen atoms in total. The van der Waals surface area contributed by atoms with Crippen LogP contribution in [-0.2, 0) is 0 Å². The minimum absolute atomic E-state index is 0.827. The lowest BCUT2D eigenvalue weighted by Gasteiger charge is -2.04. The Morgan fingerprint density at radius 2 is 2.00 bits per heavy atom. The van der Waals surface area contributed by atoms with Crippen molar-refractivity contribution in [2.45, 2.75) is 6.92 Å². The molecule has 1 N–H and O–H groups in total. The average molecular weight is 241 g/mol. The fourth-order valence-electron chi connectivity index (χ4n) is 1.46.